The first-order valence-electron chi connectivity index (χ1n) is 6.34. The van der Waals surface area contributed by atoms with Crippen molar-refractivity contribution < 1.29 is 5.11 Å². The number of nitrogens with zero attached hydrogens (tertiary/aromatic N) is 1. The lowest BCUT2D eigenvalue weighted by Crippen LogP contribution is -2.33. The standard InChI is InChI=1S/C14H21NO/c1-2-14(15-9-4-3-5-10-15)12-7-6-8-13(16)11-12/h6-8,11,14,16H,2-5,9-10H2,1H3. The van der Waals surface area contributed by atoms with Gasteiger partial charge in [-0.2, -0.15) is 0 Å². The first-order chi connectivity index (χ1) is 7.81. The van der Waals surface area contributed by atoms with Crippen molar-refractivity contribution in [2.45, 2.75) is 38.6 Å². The fraction of sp³-hybridized carbons (Fsp3) is 0.571. The van der Waals surface area contributed by atoms with E-state index in [9.17, 15) is 5.11 Å². The highest BCUT2D eigenvalue weighted by atomic mass is 16.3. The van der Waals surface area contributed by atoms with Crippen molar-refractivity contribution >= 4 is 0 Å². The van der Waals surface area contributed by atoms with Crippen LogP contribution in [0, 0.1) is 0 Å². The fourth-order valence-electron chi connectivity index (χ4n) is 2.67. The molecule has 2 nitrogen and oxygen atoms in total. The van der Waals surface area contributed by atoms with Crippen molar-refractivity contribution in [3.05, 3.63) is 29.8 Å². The third kappa shape index (κ3) is 2.56. The summed E-state index contributed by atoms with van der Waals surface area (Å²) in [7, 11) is 0. The zero-order valence-corrected chi connectivity index (χ0v) is 10.0. The molecule has 1 atom stereocenters. The Morgan fingerprint density at radius 2 is 2.00 bits per heavy atom. The molecular weight excluding hydrogens is 198 g/mol. The number of hydrogen-bond acceptors (Lipinski definition) is 2. The zero-order chi connectivity index (χ0) is 11.4. The van der Waals surface area contributed by atoms with Crippen LogP contribution in [-0.2, 0) is 0 Å². The molecule has 1 fully saturated rings. The maximum atomic E-state index is 9.54. The van der Waals surface area contributed by atoms with Crippen LogP contribution in [0.5, 0.6) is 5.75 Å². The number of likely N-dealkylation sites (tertiary alicyclic amines) is 1. The molecule has 1 unspecified atom stereocenters. The van der Waals surface area contributed by atoms with Gasteiger partial charge >= 0.3 is 0 Å². The molecule has 0 aromatic heterocycles. The van der Waals surface area contributed by atoms with Crippen molar-refractivity contribution in [1.82, 2.24) is 4.90 Å². The number of phenolic OH excluding ortho intramolecular Hbond substituents is 1. The van der Waals surface area contributed by atoms with Gasteiger partial charge in [0.15, 0.2) is 0 Å². The van der Waals surface area contributed by atoms with E-state index < -0.39 is 0 Å². The van der Waals surface area contributed by atoms with Gasteiger partial charge in [-0.25, -0.2) is 0 Å². The molecule has 0 saturated carbocycles. The summed E-state index contributed by atoms with van der Waals surface area (Å²) in [4.78, 5) is 2.55. The molecule has 1 aliphatic rings. The van der Waals surface area contributed by atoms with Gasteiger partial charge in [0, 0.05) is 6.04 Å². The van der Waals surface area contributed by atoms with Crippen LogP contribution >= 0.6 is 0 Å². The highest BCUT2D eigenvalue weighted by Gasteiger charge is 2.20. The summed E-state index contributed by atoms with van der Waals surface area (Å²) in [5, 5.41) is 9.54. The van der Waals surface area contributed by atoms with Crippen molar-refractivity contribution in [2.75, 3.05) is 13.1 Å². The molecule has 2 heteroatoms. The lowest BCUT2D eigenvalue weighted by molar-refractivity contribution is 0.159. The third-order valence-corrected chi connectivity index (χ3v) is 3.47. The van der Waals surface area contributed by atoms with Crippen molar-refractivity contribution in [2.24, 2.45) is 0 Å². The summed E-state index contributed by atoms with van der Waals surface area (Å²) >= 11 is 0. The molecule has 0 spiro atoms. The maximum Gasteiger partial charge on any atom is 0.115 e. The SMILES string of the molecule is CCC(c1cccc(O)c1)N1CCCCC1. The number of phenols is 1. The molecule has 16 heavy (non-hydrogen) atoms. The number of rotatable bonds is 3. The Morgan fingerprint density at radius 1 is 1.25 bits per heavy atom. The predicted molar refractivity (Wildman–Crippen MR) is 66.6 cm³/mol. The van der Waals surface area contributed by atoms with Crippen molar-refractivity contribution in [3.63, 3.8) is 0 Å². The monoisotopic (exact) mass is 219 g/mol. The quantitative estimate of drug-likeness (QED) is 0.843. The molecule has 0 aliphatic carbocycles. The number of hydrogen-bond donors (Lipinski definition) is 1. The predicted octanol–water partition coefficient (Wildman–Crippen LogP) is 3.33. The minimum atomic E-state index is 0.382. The normalized spacial score (nSPS) is 19.6. The number of piperidine rings is 1. The van der Waals surface area contributed by atoms with Crippen molar-refractivity contribution in [3.8, 4) is 5.75 Å². The van der Waals surface area contributed by atoms with Crippen LogP contribution in [0.25, 0.3) is 0 Å². The molecule has 2 rings (SSSR count). The molecule has 1 aromatic rings. The average molecular weight is 219 g/mol. The average Bonchev–Trinajstić information content (AvgIpc) is 2.31. The third-order valence-electron chi connectivity index (χ3n) is 3.47. The lowest BCUT2D eigenvalue weighted by atomic mass is 9.99. The number of benzene rings is 1. The summed E-state index contributed by atoms with van der Waals surface area (Å²) in [6.45, 7) is 4.63. The van der Waals surface area contributed by atoms with Gasteiger partial charge in [0.2, 0.25) is 0 Å². The molecule has 1 saturated heterocycles. The van der Waals surface area contributed by atoms with Gasteiger partial charge in [-0.05, 0) is 50.0 Å². The second kappa shape index (κ2) is 5.35. The van der Waals surface area contributed by atoms with Gasteiger partial charge < -0.3 is 5.11 Å². The van der Waals surface area contributed by atoms with E-state index in [4.69, 9.17) is 0 Å². The van der Waals surface area contributed by atoms with E-state index in [0.29, 0.717) is 11.8 Å². The molecule has 88 valence electrons. The summed E-state index contributed by atoms with van der Waals surface area (Å²) in [6.07, 6.45) is 5.11. The van der Waals surface area contributed by atoms with E-state index in [1.54, 1.807) is 6.07 Å². The van der Waals surface area contributed by atoms with Gasteiger partial charge in [-0.3, -0.25) is 4.90 Å². The first kappa shape index (κ1) is 11.5. The summed E-state index contributed by atoms with van der Waals surface area (Å²) in [6, 6.07) is 8.20. The topological polar surface area (TPSA) is 23.5 Å². The molecule has 0 bridgehead atoms. The van der Waals surface area contributed by atoms with Crippen LogP contribution in [0.2, 0.25) is 0 Å². The van der Waals surface area contributed by atoms with E-state index in [2.05, 4.69) is 17.9 Å². The molecule has 0 amide bonds. The molecule has 0 radical (unpaired) electrons. The summed E-state index contributed by atoms with van der Waals surface area (Å²) < 4.78 is 0. The Labute approximate surface area is 97.9 Å². The maximum absolute atomic E-state index is 9.54. The van der Waals surface area contributed by atoms with Gasteiger partial charge in [0.1, 0.15) is 5.75 Å². The molecular formula is C14H21NO. The largest absolute Gasteiger partial charge is 0.508 e. The zero-order valence-electron chi connectivity index (χ0n) is 10.0. The van der Waals surface area contributed by atoms with Crippen LogP contribution in [0.15, 0.2) is 24.3 Å². The highest BCUT2D eigenvalue weighted by Crippen LogP contribution is 2.28. The Morgan fingerprint density at radius 3 is 2.62 bits per heavy atom. The van der Waals surface area contributed by atoms with E-state index in [1.807, 2.05) is 12.1 Å². The smallest absolute Gasteiger partial charge is 0.115 e. The molecule has 1 aliphatic heterocycles. The van der Waals surface area contributed by atoms with Crippen molar-refractivity contribution in [1.29, 1.82) is 0 Å². The van der Waals surface area contributed by atoms with Crippen LogP contribution in [0.1, 0.15) is 44.2 Å². The molecule has 1 N–H and O–H groups in total. The van der Waals surface area contributed by atoms with Crippen LogP contribution < -0.4 is 0 Å². The minimum absolute atomic E-state index is 0.382. The molecule has 1 aromatic carbocycles. The van der Waals surface area contributed by atoms with Gasteiger partial charge in [-0.1, -0.05) is 25.5 Å². The van der Waals surface area contributed by atoms with Gasteiger partial charge in [-0.15, -0.1) is 0 Å². The minimum Gasteiger partial charge on any atom is -0.508 e. The second-order valence-corrected chi connectivity index (χ2v) is 4.62. The first-order valence-corrected chi connectivity index (χ1v) is 6.34. The van der Waals surface area contributed by atoms with Crippen LogP contribution in [0.3, 0.4) is 0 Å². The van der Waals surface area contributed by atoms with Gasteiger partial charge in [0.05, 0.1) is 0 Å². The van der Waals surface area contributed by atoms with E-state index >= 15 is 0 Å². The molecule has 1 heterocycles. The summed E-state index contributed by atoms with van der Waals surface area (Å²) in [5.74, 6) is 0.382. The van der Waals surface area contributed by atoms with E-state index in [0.717, 1.165) is 6.42 Å². The van der Waals surface area contributed by atoms with Gasteiger partial charge in [0.25, 0.3) is 0 Å². The second-order valence-electron chi connectivity index (χ2n) is 4.62. The van der Waals surface area contributed by atoms with Crippen LogP contribution in [-0.4, -0.2) is 23.1 Å². The fourth-order valence-corrected chi connectivity index (χ4v) is 2.67. The summed E-state index contributed by atoms with van der Waals surface area (Å²) in [5.41, 5.74) is 1.25. The highest BCUT2D eigenvalue weighted by molar-refractivity contribution is 5.29. The Hall–Kier alpha value is -1.02. The van der Waals surface area contributed by atoms with E-state index in [1.165, 1.54) is 37.9 Å². The lowest BCUT2D eigenvalue weighted by Gasteiger charge is -2.34. The Kier molecular flexibility index (Phi) is 3.83. The van der Waals surface area contributed by atoms with Crippen LogP contribution in [0.4, 0.5) is 0 Å². The Balaban J connectivity index is 2.14. The Bertz CT molecular complexity index is 331. The number of aromatic hydroxyl groups is 1. The van der Waals surface area contributed by atoms with E-state index in [-0.39, 0.29) is 0 Å².